The number of carboxylic acid groups (broad SMARTS) is 1. The van der Waals surface area contributed by atoms with Crippen LogP contribution in [0.15, 0.2) is 24.3 Å². The monoisotopic (exact) mass is 305 g/mol. The van der Waals surface area contributed by atoms with Gasteiger partial charge in [-0.15, -0.1) is 0 Å². The molecule has 1 aliphatic rings. The Bertz CT molecular complexity index is 540. The largest absolute Gasteiger partial charge is 0.481 e. The molecule has 1 saturated heterocycles. The molecule has 4 unspecified atom stereocenters. The molecule has 0 aliphatic carbocycles. The maximum absolute atomic E-state index is 12.3. The molecule has 0 spiro atoms. The number of hydrogen-bond donors (Lipinski definition) is 2. The van der Waals surface area contributed by atoms with Crippen LogP contribution in [0.25, 0.3) is 0 Å². The van der Waals surface area contributed by atoms with Gasteiger partial charge in [0.25, 0.3) is 0 Å². The molecule has 1 aromatic rings. The van der Waals surface area contributed by atoms with E-state index in [-0.39, 0.29) is 24.0 Å². The molecular formula is C17H23NO4. The third-order valence-electron chi connectivity index (χ3n) is 4.12. The number of benzene rings is 1. The summed E-state index contributed by atoms with van der Waals surface area (Å²) in [6.07, 6.45) is 1.27. The van der Waals surface area contributed by atoms with Crippen LogP contribution in [0.1, 0.15) is 32.8 Å². The van der Waals surface area contributed by atoms with Gasteiger partial charge in [0.15, 0.2) is 0 Å². The molecule has 5 heteroatoms. The third-order valence-corrected chi connectivity index (χ3v) is 4.12. The van der Waals surface area contributed by atoms with Crippen LogP contribution in [0.4, 0.5) is 5.69 Å². The van der Waals surface area contributed by atoms with Crippen LogP contribution in [0.5, 0.6) is 0 Å². The van der Waals surface area contributed by atoms with Crippen molar-refractivity contribution in [2.75, 3.05) is 5.32 Å². The summed E-state index contributed by atoms with van der Waals surface area (Å²) in [5.41, 5.74) is 1.67. The first-order valence-corrected chi connectivity index (χ1v) is 7.65. The fourth-order valence-electron chi connectivity index (χ4n) is 2.79. The fourth-order valence-corrected chi connectivity index (χ4v) is 2.79. The molecule has 2 N–H and O–H groups in total. The van der Waals surface area contributed by atoms with E-state index in [2.05, 4.69) is 5.32 Å². The Labute approximate surface area is 130 Å². The van der Waals surface area contributed by atoms with E-state index in [1.807, 2.05) is 38.1 Å². The molecule has 0 aromatic heterocycles. The molecule has 1 fully saturated rings. The minimum atomic E-state index is -0.804. The zero-order chi connectivity index (χ0) is 16.3. The van der Waals surface area contributed by atoms with E-state index in [9.17, 15) is 9.59 Å². The molecule has 1 amide bonds. The van der Waals surface area contributed by atoms with Crippen LogP contribution < -0.4 is 5.32 Å². The fraction of sp³-hybridized carbons (Fsp3) is 0.529. The van der Waals surface area contributed by atoms with E-state index < -0.39 is 11.9 Å². The molecular weight excluding hydrogens is 282 g/mol. The number of ether oxygens (including phenoxy) is 1. The Balaban J connectivity index is 1.94. The minimum Gasteiger partial charge on any atom is -0.481 e. The highest BCUT2D eigenvalue weighted by Crippen LogP contribution is 2.27. The summed E-state index contributed by atoms with van der Waals surface area (Å²) >= 11 is 0. The van der Waals surface area contributed by atoms with Crippen molar-refractivity contribution in [2.45, 2.75) is 45.8 Å². The zero-order valence-corrected chi connectivity index (χ0v) is 13.2. The molecule has 1 aromatic carbocycles. The summed E-state index contributed by atoms with van der Waals surface area (Å²) in [6, 6.07) is 7.33. The van der Waals surface area contributed by atoms with Gasteiger partial charge in [-0.25, -0.2) is 0 Å². The number of carbonyl (C=O) groups excluding carboxylic acids is 1. The molecule has 1 heterocycles. The van der Waals surface area contributed by atoms with Crippen molar-refractivity contribution in [3.8, 4) is 0 Å². The van der Waals surface area contributed by atoms with Crippen LogP contribution in [0, 0.1) is 11.8 Å². The van der Waals surface area contributed by atoms with Crippen molar-refractivity contribution in [3.05, 3.63) is 29.8 Å². The van der Waals surface area contributed by atoms with Crippen molar-refractivity contribution >= 4 is 17.6 Å². The first-order valence-electron chi connectivity index (χ1n) is 7.65. The second-order valence-corrected chi connectivity index (χ2v) is 6.12. The predicted octanol–water partition coefficient (Wildman–Crippen LogP) is 2.70. The number of aliphatic carboxylic acids is 1. The maximum Gasteiger partial charge on any atom is 0.306 e. The van der Waals surface area contributed by atoms with Crippen molar-refractivity contribution in [1.82, 2.24) is 0 Å². The van der Waals surface area contributed by atoms with E-state index in [0.717, 1.165) is 17.7 Å². The Morgan fingerprint density at radius 2 is 1.95 bits per heavy atom. The molecule has 1 aliphatic heterocycles. The van der Waals surface area contributed by atoms with Crippen LogP contribution in [0.3, 0.4) is 0 Å². The molecule has 5 nitrogen and oxygen atoms in total. The summed E-state index contributed by atoms with van der Waals surface area (Å²) in [5, 5.41) is 11.8. The van der Waals surface area contributed by atoms with Crippen molar-refractivity contribution < 1.29 is 19.4 Å². The predicted molar refractivity (Wildman–Crippen MR) is 83.7 cm³/mol. The highest BCUT2D eigenvalue weighted by molar-refractivity contribution is 5.93. The number of carboxylic acids is 1. The Morgan fingerprint density at radius 1 is 1.32 bits per heavy atom. The summed E-state index contributed by atoms with van der Waals surface area (Å²) in [6.45, 7) is 5.58. The zero-order valence-electron chi connectivity index (χ0n) is 13.2. The first kappa shape index (κ1) is 16.5. The van der Waals surface area contributed by atoms with Gasteiger partial charge in [0.1, 0.15) is 0 Å². The second-order valence-electron chi connectivity index (χ2n) is 6.12. The smallest absolute Gasteiger partial charge is 0.306 e. The average molecular weight is 305 g/mol. The number of anilines is 1. The quantitative estimate of drug-likeness (QED) is 0.877. The topological polar surface area (TPSA) is 75.6 Å². The standard InChI is InChI=1S/C17H23NO4/c1-10(17(20)21)8-13-4-6-14(7-5-13)18-16(19)15-9-11(2)22-12(15)3/h4-7,10-12,15H,8-9H2,1-3H3,(H,18,19)(H,20,21). The van der Waals surface area contributed by atoms with Crippen LogP contribution >= 0.6 is 0 Å². The lowest BCUT2D eigenvalue weighted by molar-refractivity contribution is -0.141. The normalized spacial score (nSPS) is 25.7. The lowest BCUT2D eigenvalue weighted by atomic mass is 9.99. The third kappa shape index (κ3) is 4.07. The summed E-state index contributed by atoms with van der Waals surface area (Å²) < 4.78 is 5.60. The Morgan fingerprint density at radius 3 is 2.45 bits per heavy atom. The highest BCUT2D eigenvalue weighted by atomic mass is 16.5. The van der Waals surface area contributed by atoms with Crippen LogP contribution in [0.2, 0.25) is 0 Å². The Hall–Kier alpha value is -1.88. The molecule has 2 rings (SSSR count). The molecule has 22 heavy (non-hydrogen) atoms. The van der Waals surface area contributed by atoms with Gasteiger partial charge in [0, 0.05) is 5.69 Å². The van der Waals surface area contributed by atoms with Gasteiger partial charge in [0.2, 0.25) is 5.91 Å². The molecule has 0 saturated carbocycles. The Kier molecular flexibility index (Phi) is 5.19. The van der Waals surface area contributed by atoms with Crippen LogP contribution in [-0.4, -0.2) is 29.2 Å². The number of hydrogen-bond acceptors (Lipinski definition) is 3. The summed E-state index contributed by atoms with van der Waals surface area (Å²) in [4.78, 5) is 23.1. The van der Waals surface area contributed by atoms with Crippen molar-refractivity contribution in [2.24, 2.45) is 11.8 Å². The van der Waals surface area contributed by atoms with E-state index in [4.69, 9.17) is 9.84 Å². The molecule has 0 bridgehead atoms. The lowest BCUT2D eigenvalue weighted by Gasteiger charge is -2.14. The number of nitrogens with one attached hydrogen (secondary N) is 1. The van der Waals surface area contributed by atoms with Crippen molar-refractivity contribution in [1.29, 1.82) is 0 Å². The van der Waals surface area contributed by atoms with E-state index in [1.54, 1.807) is 6.92 Å². The SMILES string of the molecule is CC1CC(C(=O)Nc2ccc(CC(C)C(=O)O)cc2)C(C)O1. The minimum absolute atomic E-state index is 0.0245. The average Bonchev–Trinajstić information content (AvgIpc) is 2.79. The van der Waals surface area contributed by atoms with E-state index >= 15 is 0 Å². The highest BCUT2D eigenvalue weighted by Gasteiger charge is 2.34. The number of carbonyl (C=O) groups is 2. The molecule has 4 atom stereocenters. The molecule has 0 radical (unpaired) electrons. The van der Waals surface area contributed by atoms with Gasteiger partial charge in [-0.05, 0) is 44.4 Å². The summed E-state index contributed by atoms with van der Waals surface area (Å²) in [5.74, 6) is -1.37. The summed E-state index contributed by atoms with van der Waals surface area (Å²) in [7, 11) is 0. The van der Waals surface area contributed by atoms with Gasteiger partial charge < -0.3 is 15.2 Å². The van der Waals surface area contributed by atoms with Gasteiger partial charge in [0.05, 0.1) is 24.0 Å². The van der Waals surface area contributed by atoms with E-state index in [0.29, 0.717) is 6.42 Å². The first-order chi connectivity index (χ1) is 10.4. The van der Waals surface area contributed by atoms with Crippen LogP contribution in [-0.2, 0) is 20.7 Å². The van der Waals surface area contributed by atoms with Gasteiger partial charge in [-0.2, -0.15) is 0 Å². The van der Waals surface area contributed by atoms with Gasteiger partial charge in [-0.1, -0.05) is 19.1 Å². The lowest BCUT2D eigenvalue weighted by Crippen LogP contribution is -2.27. The van der Waals surface area contributed by atoms with E-state index in [1.165, 1.54) is 0 Å². The van der Waals surface area contributed by atoms with Gasteiger partial charge in [-0.3, -0.25) is 9.59 Å². The van der Waals surface area contributed by atoms with Crippen molar-refractivity contribution in [3.63, 3.8) is 0 Å². The molecule has 120 valence electrons. The second kappa shape index (κ2) is 6.92. The number of amides is 1. The van der Waals surface area contributed by atoms with Gasteiger partial charge >= 0.3 is 5.97 Å². The number of rotatable bonds is 5. The maximum atomic E-state index is 12.3.